The molecule has 2 rings (SSSR count). The van der Waals surface area contributed by atoms with E-state index in [1.807, 2.05) is 32.9 Å². The third-order valence-corrected chi connectivity index (χ3v) is 3.78. The summed E-state index contributed by atoms with van der Waals surface area (Å²) in [6, 6.07) is 5.52. The van der Waals surface area contributed by atoms with Crippen LogP contribution in [0.1, 0.15) is 33.0 Å². The van der Waals surface area contributed by atoms with Crippen LogP contribution in [0.3, 0.4) is 0 Å². The van der Waals surface area contributed by atoms with Crippen LogP contribution in [-0.2, 0) is 10.3 Å². The summed E-state index contributed by atoms with van der Waals surface area (Å²) in [5.41, 5.74) is 6.72. The molecule has 0 aliphatic rings. The minimum atomic E-state index is -0.544. The summed E-state index contributed by atoms with van der Waals surface area (Å²) in [7, 11) is 0. The van der Waals surface area contributed by atoms with Gasteiger partial charge in [-0.15, -0.1) is 0 Å². The van der Waals surface area contributed by atoms with Crippen LogP contribution >= 0.6 is 15.9 Å². The average molecular weight is 340 g/mol. The fourth-order valence-electron chi connectivity index (χ4n) is 1.90. The van der Waals surface area contributed by atoms with E-state index in [1.54, 1.807) is 6.07 Å². The van der Waals surface area contributed by atoms with Crippen molar-refractivity contribution < 1.29 is 9.26 Å². The second-order valence-corrected chi connectivity index (χ2v) is 5.59. The lowest BCUT2D eigenvalue weighted by molar-refractivity contribution is -0.0403. The summed E-state index contributed by atoms with van der Waals surface area (Å²) in [6.07, 6.45) is 0.758. The van der Waals surface area contributed by atoms with E-state index in [0.717, 1.165) is 10.9 Å². The van der Waals surface area contributed by atoms with Gasteiger partial charge >= 0.3 is 0 Å². The zero-order chi connectivity index (χ0) is 14.8. The summed E-state index contributed by atoms with van der Waals surface area (Å²) in [4.78, 5) is 4.44. The maximum atomic E-state index is 5.95. The number of anilines is 1. The fourth-order valence-corrected chi connectivity index (χ4v) is 2.27. The Balaban J connectivity index is 2.40. The van der Waals surface area contributed by atoms with E-state index in [4.69, 9.17) is 15.0 Å². The van der Waals surface area contributed by atoms with Gasteiger partial charge in [0.15, 0.2) is 0 Å². The van der Waals surface area contributed by atoms with Gasteiger partial charge in [-0.1, -0.05) is 28.0 Å². The number of benzene rings is 1. The third kappa shape index (κ3) is 2.86. The highest BCUT2D eigenvalue weighted by Gasteiger charge is 2.31. The molecule has 20 heavy (non-hydrogen) atoms. The Morgan fingerprint density at radius 3 is 2.80 bits per heavy atom. The van der Waals surface area contributed by atoms with Crippen LogP contribution in [0.15, 0.2) is 27.2 Å². The molecule has 1 heterocycles. The van der Waals surface area contributed by atoms with E-state index < -0.39 is 5.60 Å². The van der Waals surface area contributed by atoms with Crippen LogP contribution in [0.25, 0.3) is 11.5 Å². The largest absolute Gasteiger partial charge is 0.398 e. The molecule has 1 atom stereocenters. The summed E-state index contributed by atoms with van der Waals surface area (Å²) >= 11 is 3.41. The van der Waals surface area contributed by atoms with Crippen LogP contribution in [0.2, 0.25) is 0 Å². The lowest BCUT2D eigenvalue weighted by atomic mass is 10.0. The molecule has 108 valence electrons. The molecule has 2 N–H and O–H groups in total. The monoisotopic (exact) mass is 339 g/mol. The molecule has 0 radical (unpaired) electrons. The van der Waals surface area contributed by atoms with Gasteiger partial charge in [-0.25, -0.2) is 0 Å². The van der Waals surface area contributed by atoms with Gasteiger partial charge < -0.3 is 15.0 Å². The number of aromatic nitrogens is 2. The lowest BCUT2D eigenvalue weighted by Gasteiger charge is -2.23. The summed E-state index contributed by atoms with van der Waals surface area (Å²) < 4.78 is 12.0. The molecule has 0 aliphatic heterocycles. The van der Waals surface area contributed by atoms with Crippen molar-refractivity contribution in [3.63, 3.8) is 0 Å². The number of halogens is 1. The van der Waals surface area contributed by atoms with Gasteiger partial charge in [0.1, 0.15) is 5.60 Å². The van der Waals surface area contributed by atoms with Gasteiger partial charge in [-0.3, -0.25) is 0 Å². The van der Waals surface area contributed by atoms with Gasteiger partial charge in [-0.2, -0.15) is 4.98 Å². The van der Waals surface area contributed by atoms with Crippen molar-refractivity contribution in [1.82, 2.24) is 10.1 Å². The fraction of sp³-hybridized carbons (Fsp3) is 0.429. The second-order valence-electron chi connectivity index (χ2n) is 4.67. The molecular formula is C14H18BrN3O2. The topological polar surface area (TPSA) is 74.2 Å². The maximum Gasteiger partial charge on any atom is 0.260 e. The highest BCUT2D eigenvalue weighted by atomic mass is 79.9. The third-order valence-electron chi connectivity index (χ3n) is 3.28. The molecule has 1 aromatic heterocycles. The number of hydrogen-bond acceptors (Lipinski definition) is 5. The van der Waals surface area contributed by atoms with Crippen molar-refractivity contribution in [3.05, 3.63) is 28.5 Å². The van der Waals surface area contributed by atoms with Gasteiger partial charge in [0, 0.05) is 16.8 Å². The standard InChI is InChI=1S/C14H18BrN3O2/c1-4-14(3,19-5-2)13-17-12(20-18-13)10-8-9(15)6-7-11(10)16/h6-8H,4-5,16H2,1-3H3. The molecule has 5 nitrogen and oxygen atoms in total. The predicted octanol–water partition coefficient (Wildman–Crippen LogP) is 3.74. The molecule has 0 saturated heterocycles. The minimum Gasteiger partial charge on any atom is -0.398 e. The Hall–Kier alpha value is -1.40. The molecule has 0 amide bonds. The van der Waals surface area contributed by atoms with Crippen molar-refractivity contribution in [2.45, 2.75) is 32.8 Å². The molecule has 0 spiro atoms. The van der Waals surface area contributed by atoms with Crippen molar-refractivity contribution in [2.24, 2.45) is 0 Å². The summed E-state index contributed by atoms with van der Waals surface area (Å²) in [5.74, 6) is 0.939. The van der Waals surface area contributed by atoms with Crippen LogP contribution in [-0.4, -0.2) is 16.7 Å². The molecule has 2 aromatic rings. The number of ether oxygens (including phenoxy) is 1. The van der Waals surface area contributed by atoms with Crippen molar-refractivity contribution >= 4 is 21.6 Å². The lowest BCUT2D eigenvalue weighted by Crippen LogP contribution is -2.26. The molecule has 1 aromatic carbocycles. The molecule has 1 unspecified atom stereocenters. The quantitative estimate of drug-likeness (QED) is 0.839. The zero-order valence-electron chi connectivity index (χ0n) is 11.8. The van der Waals surface area contributed by atoms with E-state index in [0.29, 0.717) is 29.6 Å². The minimum absolute atomic E-state index is 0.401. The van der Waals surface area contributed by atoms with Crippen LogP contribution in [0, 0.1) is 0 Å². The SMILES string of the molecule is CCOC(C)(CC)c1noc(-c2cc(Br)ccc2N)n1. The predicted molar refractivity (Wildman–Crippen MR) is 81.1 cm³/mol. The Labute approximate surface area is 126 Å². The van der Waals surface area contributed by atoms with E-state index in [2.05, 4.69) is 26.1 Å². The first-order valence-corrected chi connectivity index (χ1v) is 7.33. The molecular weight excluding hydrogens is 322 g/mol. The van der Waals surface area contributed by atoms with Gasteiger partial charge in [-0.05, 0) is 38.5 Å². The smallest absolute Gasteiger partial charge is 0.260 e. The summed E-state index contributed by atoms with van der Waals surface area (Å²) in [6.45, 7) is 6.52. The molecule has 6 heteroatoms. The Morgan fingerprint density at radius 2 is 2.15 bits per heavy atom. The van der Waals surface area contributed by atoms with Crippen LogP contribution in [0.5, 0.6) is 0 Å². The van der Waals surface area contributed by atoms with E-state index in [-0.39, 0.29) is 0 Å². The van der Waals surface area contributed by atoms with Crippen LogP contribution < -0.4 is 5.73 Å². The zero-order valence-corrected chi connectivity index (χ0v) is 13.4. The molecule has 0 fully saturated rings. The molecule has 0 saturated carbocycles. The van der Waals surface area contributed by atoms with Crippen molar-refractivity contribution in [2.75, 3.05) is 12.3 Å². The van der Waals surface area contributed by atoms with E-state index in [1.165, 1.54) is 0 Å². The number of nitrogens with zero attached hydrogens (tertiary/aromatic N) is 2. The number of nitrogen functional groups attached to an aromatic ring is 1. The highest BCUT2D eigenvalue weighted by Crippen LogP contribution is 2.31. The number of hydrogen-bond donors (Lipinski definition) is 1. The average Bonchev–Trinajstić information content (AvgIpc) is 2.92. The molecule has 0 bridgehead atoms. The van der Waals surface area contributed by atoms with Crippen molar-refractivity contribution in [3.8, 4) is 11.5 Å². The number of nitrogens with two attached hydrogens (primary N) is 1. The first-order valence-electron chi connectivity index (χ1n) is 6.53. The summed E-state index contributed by atoms with van der Waals surface area (Å²) in [5, 5.41) is 4.04. The first kappa shape index (κ1) is 15.0. The van der Waals surface area contributed by atoms with E-state index >= 15 is 0 Å². The van der Waals surface area contributed by atoms with Gasteiger partial charge in [0.25, 0.3) is 5.89 Å². The van der Waals surface area contributed by atoms with Gasteiger partial charge in [0.2, 0.25) is 5.82 Å². The Kier molecular flexibility index (Phi) is 4.45. The van der Waals surface area contributed by atoms with Gasteiger partial charge in [0.05, 0.1) is 5.56 Å². The van der Waals surface area contributed by atoms with Crippen molar-refractivity contribution in [1.29, 1.82) is 0 Å². The number of rotatable bonds is 5. The van der Waals surface area contributed by atoms with E-state index in [9.17, 15) is 0 Å². The second kappa shape index (κ2) is 5.93. The Morgan fingerprint density at radius 1 is 1.40 bits per heavy atom. The van der Waals surface area contributed by atoms with Crippen LogP contribution in [0.4, 0.5) is 5.69 Å². The normalized spacial score (nSPS) is 14.2. The molecule has 0 aliphatic carbocycles. The Bertz CT molecular complexity index is 600. The highest BCUT2D eigenvalue weighted by molar-refractivity contribution is 9.10. The maximum absolute atomic E-state index is 5.95. The first-order chi connectivity index (χ1) is 9.50.